The fraction of sp³-hybridized carbons (Fsp3) is 0.333. The molecule has 2 atom stereocenters. The molecule has 0 saturated carbocycles. The number of rotatable bonds is 6. The van der Waals surface area contributed by atoms with E-state index in [1.165, 1.54) is 28.7 Å². The molecule has 1 aromatic carbocycles. The molecule has 2 N–H and O–H groups in total. The number of nitriles is 1. The average molecular weight is 483 g/mol. The first-order valence-corrected chi connectivity index (χ1v) is 10.8. The van der Waals surface area contributed by atoms with Crippen molar-refractivity contribution < 1.29 is 23.4 Å². The molecule has 0 bridgehead atoms. The van der Waals surface area contributed by atoms with E-state index in [0.717, 1.165) is 0 Å². The van der Waals surface area contributed by atoms with Crippen molar-refractivity contribution >= 4 is 23.1 Å². The fourth-order valence-electron chi connectivity index (χ4n) is 4.31. The van der Waals surface area contributed by atoms with E-state index in [9.17, 15) is 28.7 Å². The van der Waals surface area contributed by atoms with Crippen LogP contribution in [0.4, 0.5) is 20.3 Å². The number of nitrogens with one attached hydrogen (secondary N) is 1. The largest absolute Gasteiger partial charge is 0.478 e. The molecule has 1 aliphatic rings. The average Bonchev–Trinajstić information content (AvgIpc) is 3.13. The normalized spacial score (nSPS) is 17.8. The van der Waals surface area contributed by atoms with Crippen molar-refractivity contribution in [2.75, 3.05) is 30.4 Å². The van der Waals surface area contributed by atoms with Gasteiger partial charge in [-0.1, -0.05) is 12.1 Å². The third kappa shape index (κ3) is 4.28. The zero-order valence-electron chi connectivity index (χ0n) is 19.2. The van der Waals surface area contributed by atoms with Crippen LogP contribution in [0.2, 0.25) is 0 Å². The van der Waals surface area contributed by atoms with Gasteiger partial charge in [-0.25, -0.2) is 18.6 Å². The van der Waals surface area contributed by atoms with Gasteiger partial charge in [-0.15, -0.1) is 0 Å². The number of methoxy groups -OCH3 is 1. The lowest BCUT2D eigenvalue weighted by molar-refractivity contribution is -0.0889. The third-order valence-electron chi connectivity index (χ3n) is 6.02. The number of carboxylic acids is 1. The SMILES string of the molecule is CO[C@H]1CN(c2nc3c(C(C)Nc4ccccc4C(=O)O)cc(C)cn3c(=O)c2C#N)CC1(F)F. The lowest BCUT2D eigenvalue weighted by atomic mass is 10.1. The number of halogens is 2. The van der Waals surface area contributed by atoms with Gasteiger partial charge in [0.05, 0.1) is 24.7 Å². The molecule has 182 valence electrons. The predicted octanol–water partition coefficient (Wildman–Crippen LogP) is 3.22. The van der Waals surface area contributed by atoms with Gasteiger partial charge in [0.15, 0.2) is 11.4 Å². The maximum Gasteiger partial charge on any atom is 0.337 e. The molecule has 2 aromatic heterocycles. The Morgan fingerprint density at radius 2 is 2.11 bits per heavy atom. The van der Waals surface area contributed by atoms with Crippen molar-refractivity contribution in [2.45, 2.75) is 31.9 Å². The number of para-hydroxylation sites is 1. The maximum absolute atomic E-state index is 14.4. The number of alkyl halides is 2. The van der Waals surface area contributed by atoms with Crippen LogP contribution in [-0.4, -0.2) is 52.7 Å². The summed E-state index contributed by atoms with van der Waals surface area (Å²) in [5, 5.41) is 22.3. The van der Waals surface area contributed by atoms with E-state index >= 15 is 0 Å². The molecular weight excluding hydrogens is 460 g/mol. The molecule has 0 radical (unpaired) electrons. The van der Waals surface area contributed by atoms with Crippen LogP contribution in [0.1, 0.15) is 40.0 Å². The Balaban J connectivity index is 1.86. The molecule has 1 fully saturated rings. The molecule has 35 heavy (non-hydrogen) atoms. The highest BCUT2D eigenvalue weighted by molar-refractivity contribution is 5.94. The third-order valence-corrected chi connectivity index (χ3v) is 6.02. The number of nitrogens with zero attached hydrogens (tertiary/aromatic N) is 4. The number of fused-ring (bicyclic) bond motifs is 1. The van der Waals surface area contributed by atoms with E-state index in [2.05, 4.69) is 10.3 Å². The second-order valence-corrected chi connectivity index (χ2v) is 8.48. The second kappa shape index (κ2) is 8.96. The van der Waals surface area contributed by atoms with Gasteiger partial charge in [-0.3, -0.25) is 9.20 Å². The van der Waals surface area contributed by atoms with E-state index in [1.807, 2.05) is 6.07 Å². The van der Waals surface area contributed by atoms with Crippen LogP contribution in [-0.2, 0) is 4.74 Å². The highest BCUT2D eigenvalue weighted by atomic mass is 19.3. The Labute approximate surface area is 199 Å². The van der Waals surface area contributed by atoms with Crippen LogP contribution in [0.15, 0.2) is 41.3 Å². The van der Waals surface area contributed by atoms with Crippen LogP contribution in [0, 0.1) is 18.3 Å². The summed E-state index contributed by atoms with van der Waals surface area (Å²) in [4.78, 5) is 30.5. The van der Waals surface area contributed by atoms with Gasteiger partial charge in [0.1, 0.15) is 17.8 Å². The van der Waals surface area contributed by atoms with Gasteiger partial charge in [-0.05, 0) is 37.6 Å². The van der Waals surface area contributed by atoms with Gasteiger partial charge in [0, 0.05) is 24.6 Å². The molecule has 3 heterocycles. The lowest BCUT2D eigenvalue weighted by Gasteiger charge is -2.22. The minimum absolute atomic E-state index is 0.0683. The zero-order chi connectivity index (χ0) is 25.5. The Kier molecular flexibility index (Phi) is 6.17. The molecule has 4 rings (SSSR count). The van der Waals surface area contributed by atoms with Crippen molar-refractivity contribution in [3.05, 3.63) is 69.1 Å². The number of aromatic carboxylic acids is 1. The smallest absolute Gasteiger partial charge is 0.337 e. The van der Waals surface area contributed by atoms with Gasteiger partial charge >= 0.3 is 5.97 Å². The van der Waals surface area contributed by atoms with Crippen LogP contribution in [0.25, 0.3) is 5.65 Å². The first-order chi connectivity index (χ1) is 16.6. The quantitative estimate of drug-likeness (QED) is 0.549. The number of anilines is 2. The molecule has 9 nitrogen and oxygen atoms in total. The number of aromatic nitrogens is 2. The van der Waals surface area contributed by atoms with Crippen molar-refractivity contribution in [2.24, 2.45) is 0 Å². The number of carboxylic acid groups (broad SMARTS) is 1. The van der Waals surface area contributed by atoms with Crippen molar-refractivity contribution in [1.29, 1.82) is 5.26 Å². The molecule has 1 unspecified atom stereocenters. The summed E-state index contributed by atoms with van der Waals surface area (Å²) in [6, 6.07) is 9.45. The summed E-state index contributed by atoms with van der Waals surface area (Å²) < 4.78 is 34.9. The Morgan fingerprint density at radius 1 is 1.40 bits per heavy atom. The Hall–Kier alpha value is -4.04. The molecule has 1 aliphatic heterocycles. The summed E-state index contributed by atoms with van der Waals surface area (Å²) in [7, 11) is 1.18. The zero-order valence-corrected chi connectivity index (χ0v) is 19.2. The van der Waals surface area contributed by atoms with Crippen molar-refractivity contribution in [3.63, 3.8) is 0 Å². The van der Waals surface area contributed by atoms with Crippen LogP contribution in [0.5, 0.6) is 0 Å². The van der Waals surface area contributed by atoms with E-state index in [-0.39, 0.29) is 29.1 Å². The highest BCUT2D eigenvalue weighted by Crippen LogP contribution is 2.34. The monoisotopic (exact) mass is 483 g/mol. The number of hydrogen-bond acceptors (Lipinski definition) is 7. The van der Waals surface area contributed by atoms with Crippen LogP contribution >= 0.6 is 0 Å². The molecule has 0 amide bonds. The van der Waals surface area contributed by atoms with Crippen LogP contribution < -0.4 is 15.8 Å². The highest BCUT2D eigenvalue weighted by Gasteiger charge is 2.49. The lowest BCUT2D eigenvalue weighted by Crippen LogP contribution is -2.33. The minimum Gasteiger partial charge on any atom is -0.478 e. The summed E-state index contributed by atoms with van der Waals surface area (Å²) in [5.41, 5.74) is 0.807. The van der Waals surface area contributed by atoms with Crippen LogP contribution in [0.3, 0.4) is 0 Å². The number of benzene rings is 1. The number of ether oxygens (including phenoxy) is 1. The fourth-order valence-corrected chi connectivity index (χ4v) is 4.31. The standard InChI is InChI=1S/C24H23F2N5O4/c1-13-8-16(14(2)28-18-7-5-4-6-15(18)23(33)34)21-29-20(17(9-27)22(32)31(21)10-13)30-11-19(35-3)24(25,26)12-30/h4-8,10,14,19,28H,11-12H2,1-3H3,(H,33,34)/t14?,19-/m0/s1. The topological polar surface area (TPSA) is 120 Å². The predicted molar refractivity (Wildman–Crippen MR) is 124 cm³/mol. The minimum atomic E-state index is -3.18. The molecule has 0 aliphatic carbocycles. The molecule has 0 spiro atoms. The number of hydrogen-bond donors (Lipinski definition) is 2. The summed E-state index contributed by atoms with van der Waals surface area (Å²) in [5.74, 6) is -4.42. The van der Waals surface area contributed by atoms with Gasteiger partial charge < -0.3 is 20.1 Å². The van der Waals surface area contributed by atoms with E-state index < -0.39 is 36.1 Å². The second-order valence-electron chi connectivity index (χ2n) is 8.48. The van der Waals surface area contributed by atoms with Crippen molar-refractivity contribution in [1.82, 2.24) is 9.38 Å². The summed E-state index contributed by atoms with van der Waals surface area (Å²) in [6.07, 6.45) is 0.118. The van der Waals surface area contributed by atoms with Gasteiger partial charge in [-0.2, -0.15) is 5.26 Å². The Morgan fingerprint density at radius 3 is 2.74 bits per heavy atom. The summed E-state index contributed by atoms with van der Waals surface area (Å²) in [6.45, 7) is 2.55. The van der Waals surface area contributed by atoms with E-state index in [1.54, 1.807) is 38.1 Å². The van der Waals surface area contributed by atoms with Crippen molar-refractivity contribution in [3.8, 4) is 6.07 Å². The van der Waals surface area contributed by atoms with Gasteiger partial charge in [0.25, 0.3) is 11.5 Å². The molecule has 11 heteroatoms. The molecular formula is C24H23F2N5O4. The van der Waals surface area contributed by atoms with E-state index in [4.69, 9.17) is 4.74 Å². The Bertz CT molecular complexity index is 1420. The molecule has 3 aromatic rings. The first-order valence-electron chi connectivity index (χ1n) is 10.8. The summed E-state index contributed by atoms with van der Waals surface area (Å²) >= 11 is 0. The van der Waals surface area contributed by atoms with Gasteiger partial charge in [0.2, 0.25) is 0 Å². The number of carbonyl (C=O) groups is 1. The first kappa shape index (κ1) is 24.1. The number of aryl methyl sites for hydroxylation is 1. The maximum atomic E-state index is 14.4. The van der Waals surface area contributed by atoms with E-state index in [0.29, 0.717) is 16.8 Å². The molecule has 1 saturated heterocycles. The number of pyridine rings is 1.